The Morgan fingerprint density at radius 2 is 2.00 bits per heavy atom. The van der Waals surface area contributed by atoms with Crippen molar-refractivity contribution in [2.24, 2.45) is 16.8 Å². The summed E-state index contributed by atoms with van der Waals surface area (Å²) in [6.07, 6.45) is 4.07. The highest BCUT2D eigenvalue weighted by Crippen LogP contribution is 2.37. The minimum Gasteiger partial charge on any atom is -0.415 e. The van der Waals surface area contributed by atoms with Crippen LogP contribution in [0.4, 0.5) is 0 Å². The second-order valence-electron chi connectivity index (χ2n) is 6.61. The van der Waals surface area contributed by atoms with Crippen molar-refractivity contribution in [1.82, 2.24) is 0 Å². The quantitative estimate of drug-likeness (QED) is 0.550. The molecule has 0 aromatic rings. The molecule has 1 rings (SSSR count). The molecule has 3 atom stereocenters. The molecule has 0 bridgehead atoms. The number of hydrogen-bond acceptors (Lipinski definition) is 2. The van der Waals surface area contributed by atoms with Gasteiger partial charge in [0.15, 0.2) is 8.32 Å². The first-order valence-electron chi connectivity index (χ1n) is 6.49. The molecule has 0 radical (unpaired) electrons. The van der Waals surface area contributed by atoms with Crippen molar-refractivity contribution in [2.75, 3.05) is 6.61 Å². The van der Waals surface area contributed by atoms with E-state index in [1.807, 2.05) is 12.3 Å². The van der Waals surface area contributed by atoms with Crippen LogP contribution in [0.3, 0.4) is 0 Å². The van der Waals surface area contributed by atoms with E-state index in [1.54, 1.807) is 0 Å². The fourth-order valence-electron chi connectivity index (χ4n) is 1.83. The van der Waals surface area contributed by atoms with Crippen LogP contribution < -0.4 is 0 Å². The number of aliphatic imine (C=N–C) groups is 1. The molecule has 0 unspecified atom stereocenters. The molecular weight excluding hydrogens is 226 g/mol. The minimum atomic E-state index is -1.64. The maximum absolute atomic E-state index is 6.24. The first kappa shape index (κ1) is 14.6. The Labute approximate surface area is 107 Å². The van der Waals surface area contributed by atoms with Crippen molar-refractivity contribution < 1.29 is 4.43 Å². The van der Waals surface area contributed by atoms with Gasteiger partial charge in [-0.25, -0.2) is 0 Å². The SMILES string of the molecule is C=C[C@H]1[C@H](C)C=N[C@H]1CO[Si](C)(C)C(C)(C)C. The zero-order valence-electron chi connectivity index (χ0n) is 12.2. The van der Waals surface area contributed by atoms with Crippen molar-refractivity contribution in [3.8, 4) is 0 Å². The molecular formula is C14H27NOSi. The van der Waals surface area contributed by atoms with E-state index in [9.17, 15) is 0 Å². The fraction of sp³-hybridized carbons (Fsp3) is 0.786. The standard InChI is InChI=1S/C14H27NOSi/c1-8-12-11(2)9-15-13(12)10-16-17(6,7)14(3,4)5/h8-9,11-13H,1,10H2,2-7H3/t11-,12+,13+/m1/s1. The lowest BCUT2D eigenvalue weighted by Gasteiger charge is -2.37. The van der Waals surface area contributed by atoms with Crippen LogP contribution in [0.25, 0.3) is 0 Å². The third kappa shape index (κ3) is 3.29. The largest absolute Gasteiger partial charge is 0.415 e. The van der Waals surface area contributed by atoms with Gasteiger partial charge < -0.3 is 4.43 Å². The highest BCUT2D eigenvalue weighted by Gasteiger charge is 2.38. The lowest BCUT2D eigenvalue weighted by Crippen LogP contribution is -2.43. The summed E-state index contributed by atoms with van der Waals surface area (Å²) < 4.78 is 6.24. The van der Waals surface area contributed by atoms with E-state index in [4.69, 9.17) is 4.43 Å². The highest BCUT2D eigenvalue weighted by atomic mass is 28.4. The van der Waals surface area contributed by atoms with Gasteiger partial charge in [-0.1, -0.05) is 33.8 Å². The number of rotatable bonds is 4. The second-order valence-corrected chi connectivity index (χ2v) is 11.4. The first-order valence-corrected chi connectivity index (χ1v) is 9.39. The summed E-state index contributed by atoms with van der Waals surface area (Å²) in [4.78, 5) is 4.56. The molecule has 0 saturated carbocycles. The van der Waals surface area contributed by atoms with Crippen LogP contribution in [0.2, 0.25) is 18.1 Å². The van der Waals surface area contributed by atoms with Gasteiger partial charge in [0.05, 0.1) is 12.6 Å². The van der Waals surface area contributed by atoms with Gasteiger partial charge >= 0.3 is 0 Å². The van der Waals surface area contributed by atoms with E-state index in [1.165, 1.54) is 0 Å². The van der Waals surface area contributed by atoms with Crippen molar-refractivity contribution >= 4 is 14.5 Å². The van der Waals surface area contributed by atoms with Gasteiger partial charge in [-0.05, 0) is 24.1 Å². The summed E-state index contributed by atoms with van der Waals surface area (Å²) in [7, 11) is -1.64. The lowest BCUT2D eigenvalue weighted by atomic mass is 9.92. The van der Waals surface area contributed by atoms with Crippen molar-refractivity contribution in [2.45, 2.75) is 51.9 Å². The van der Waals surface area contributed by atoms with Crippen LogP contribution in [0.5, 0.6) is 0 Å². The van der Waals surface area contributed by atoms with Gasteiger partial charge in [-0.15, -0.1) is 6.58 Å². The summed E-state index contributed by atoms with van der Waals surface area (Å²) >= 11 is 0. The molecule has 1 heterocycles. The normalized spacial score (nSPS) is 29.6. The van der Waals surface area contributed by atoms with Crippen molar-refractivity contribution in [1.29, 1.82) is 0 Å². The van der Waals surface area contributed by atoms with E-state index in [0.29, 0.717) is 11.8 Å². The third-order valence-corrected chi connectivity index (χ3v) is 8.76. The Bertz CT molecular complexity index is 304. The average molecular weight is 253 g/mol. The van der Waals surface area contributed by atoms with Gasteiger partial charge in [0, 0.05) is 12.1 Å². The zero-order valence-corrected chi connectivity index (χ0v) is 13.2. The lowest BCUT2D eigenvalue weighted by molar-refractivity contribution is 0.242. The molecule has 3 heteroatoms. The van der Waals surface area contributed by atoms with E-state index in [2.05, 4.69) is 52.4 Å². The molecule has 17 heavy (non-hydrogen) atoms. The monoisotopic (exact) mass is 253 g/mol. The molecule has 98 valence electrons. The summed E-state index contributed by atoms with van der Waals surface area (Å²) in [5.41, 5.74) is 0. The molecule has 0 N–H and O–H groups in total. The van der Waals surface area contributed by atoms with E-state index in [-0.39, 0.29) is 11.1 Å². The molecule has 0 aromatic heterocycles. The molecule has 0 aliphatic carbocycles. The van der Waals surface area contributed by atoms with E-state index < -0.39 is 8.32 Å². The molecule has 0 fully saturated rings. The summed E-state index contributed by atoms with van der Waals surface area (Å²) in [5, 5.41) is 0.268. The third-order valence-electron chi connectivity index (χ3n) is 4.26. The molecule has 1 aliphatic heterocycles. The Morgan fingerprint density at radius 1 is 1.41 bits per heavy atom. The van der Waals surface area contributed by atoms with Gasteiger partial charge in [0.25, 0.3) is 0 Å². The van der Waals surface area contributed by atoms with Gasteiger partial charge in [-0.2, -0.15) is 0 Å². The summed E-state index contributed by atoms with van der Waals surface area (Å²) in [5.74, 6) is 0.945. The fourth-order valence-corrected chi connectivity index (χ4v) is 2.85. The molecule has 0 amide bonds. The van der Waals surface area contributed by atoms with E-state index in [0.717, 1.165) is 6.61 Å². The molecule has 2 nitrogen and oxygen atoms in total. The predicted octanol–water partition coefficient (Wildman–Crippen LogP) is 3.90. The van der Waals surface area contributed by atoms with Crippen LogP contribution in [0.1, 0.15) is 27.7 Å². The van der Waals surface area contributed by atoms with Crippen molar-refractivity contribution in [3.05, 3.63) is 12.7 Å². The first-order chi connectivity index (χ1) is 7.69. The van der Waals surface area contributed by atoms with Gasteiger partial charge in [-0.3, -0.25) is 4.99 Å². The van der Waals surface area contributed by atoms with Crippen LogP contribution in [-0.2, 0) is 4.43 Å². The molecule has 0 spiro atoms. The Hall–Kier alpha value is -0.413. The molecule has 0 aromatic carbocycles. The smallest absolute Gasteiger partial charge is 0.192 e. The predicted molar refractivity (Wildman–Crippen MR) is 78.3 cm³/mol. The van der Waals surface area contributed by atoms with Gasteiger partial charge in [0.2, 0.25) is 0 Å². The Kier molecular flexibility index (Phi) is 4.36. The van der Waals surface area contributed by atoms with E-state index >= 15 is 0 Å². The number of nitrogens with zero attached hydrogens (tertiary/aromatic N) is 1. The highest BCUT2D eigenvalue weighted by molar-refractivity contribution is 6.74. The average Bonchev–Trinajstić information content (AvgIpc) is 2.54. The van der Waals surface area contributed by atoms with Crippen molar-refractivity contribution in [3.63, 3.8) is 0 Å². The summed E-state index contributed by atoms with van der Waals surface area (Å²) in [6.45, 7) is 18.2. The maximum atomic E-state index is 6.24. The maximum Gasteiger partial charge on any atom is 0.192 e. The van der Waals surface area contributed by atoms with Crippen LogP contribution >= 0.6 is 0 Å². The zero-order chi connectivity index (χ0) is 13.3. The van der Waals surface area contributed by atoms with Crippen LogP contribution in [0, 0.1) is 11.8 Å². The van der Waals surface area contributed by atoms with Crippen LogP contribution in [0.15, 0.2) is 17.6 Å². The number of hydrogen-bond donors (Lipinski definition) is 0. The second kappa shape index (κ2) is 5.07. The topological polar surface area (TPSA) is 21.6 Å². The molecule has 1 aliphatic rings. The minimum absolute atomic E-state index is 0.268. The summed E-state index contributed by atoms with van der Waals surface area (Å²) in [6, 6.07) is 0.275. The Balaban J connectivity index is 2.57. The Morgan fingerprint density at radius 3 is 2.47 bits per heavy atom. The van der Waals surface area contributed by atoms with Crippen LogP contribution in [-0.4, -0.2) is 27.2 Å². The van der Waals surface area contributed by atoms with Gasteiger partial charge in [0.1, 0.15) is 0 Å². The molecule has 0 saturated heterocycles.